The molecule has 1 aromatic rings. The molecule has 2 atom stereocenters. The SMILES string of the molecule is NC(=O)Nc1ccc(C(=O)NC2CCCCC2O)cc1. The zero-order valence-corrected chi connectivity index (χ0v) is 11.1. The summed E-state index contributed by atoms with van der Waals surface area (Å²) < 4.78 is 0. The molecule has 0 heterocycles. The Morgan fingerprint density at radius 2 is 1.80 bits per heavy atom. The van der Waals surface area contributed by atoms with Crippen LogP contribution in [0.2, 0.25) is 0 Å². The van der Waals surface area contributed by atoms with E-state index in [-0.39, 0.29) is 11.9 Å². The fraction of sp³-hybridized carbons (Fsp3) is 0.429. The Morgan fingerprint density at radius 3 is 2.40 bits per heavy atom. The van der Waals surface area contributed by atoms with Crippen molar-refractivity contribution in [2.75, 3.05) is 5.32 Å². The van der Waals surface area contributed by atoms with Crippen LogP contribution >= 0.6 is 0 Å². The third-order valence-electron chi connectivity index (χ3n) is 3.46. The standard InChI is InChI=1S/C14H19N3O3/c15-14(20)16-10-7-5-9(6-8-10)13(19)17-11-3-1-2-4-12(11)18/h5-8,11-12,18H,1-4H2,(H,17,19)(H3,15,16,20). The fourth-order valence-corrected chi connectivity index (χ4v) is 2.38. The minimum Gasteiger partial charge on any atom is -0.391 e. The minimum atomic E-state index is -0.646. The van der Waals surface area contributed by atoms with Crippen LogP contribution in [0.5, 0.6) is 0 Å². The minimum absolute atomic E-state index is 0.181. The Hall–Kier alpha value is -2.08. The van der Waals surface area contributed by atoms with Gasteiger partial charge in [-0.2, -0.15) is 0 Å². The molecular formula is C14H19N3O3. The number of hydrogen-bond donors (Lipinski definition) is 4. The molecule has 20 heavy (non-hydrogen) atoms. The Kier molecular flexibility index (Phi) is 4.57. The van der Waals surface area contributed by atoms with E-state index >= 15 is 0 Å². The van der Waals surface area contributed by atoms with Crippen LogP contribution in [0.15, 0.2) is 24.3 Å². The van der Waals surface area contributed by atoms with Gasteiger partial charge in [0.25, 0.3) is 5.91 Å². The van der Waals surface area contributed by atoms with Crippen molar-refractivity contribution in [2.45, 2.75) is 37.8 Å². The average molecular weight is 277 g/mol. The van der Waals surface area contributed by atoms with Gasteiger partial charge in [-0.05, 0) is 37.1 Å². The summed E-state index contributed by atoms with van der Waals surface area (Å²) in [4.78, 5) is 22.7. The van der Waals surface area contributed by atoms with Gasteiger partial charge in [0.15, 0.2) is 0 Å². The van der Waals surface area contributed by atoms with Crippen LogP contribution in [0.4, 0.5) is 10.5 Å². The lowest BCUT2D eigenvalue weighted by atomic mass is 9.92. The molecule has 5 N–H and O–H groups in total. The molecule has 1 saturated carbocycles. The highest BCUT2D eigenvalue weighted by Crippen LogP contribution is 2.19. The van der Waals surface area contributed by atoms with Gasteiger partial charge >= 0.3 is 6.03 Å². The number of nitrogens with one attached hydrogen (secondary N) is 2. The van der Waals surface area contributed by atoms with Gasteiger partial charge in [-0.1, -0.05) is 12.8 Å². The zero-order chi connectivity index (χ0) is 14.5. The molecular weight excluding hydrogens is 258 g/mol. The lowest BCUT2D eigenvalue weighted by Crippen LogP contribution is -2.45. The number of aliphatic hydroxyl groups excluding tert-OH is 1. The molecule has 1 aromatic carbocycles. The number of anilines is 1. The largest absolute Gasteiger partial charge is 0.391 e. The van der Waals surface area contributed by atoms with E-state index in [0.29, 0.717) is 11.3 Å². The quantitative estimate of drug-likeness (QED) is 0.667. The predicted octanol–water partition coefficient (Wildman–Crippen LogP) is 1.21. The summed E-state index contributed by atoms with van der Waals surface area (Å²) in [5.41, 5.74) is 6.02. The van der Waals surface area contributed by atoms with Crippen molar-refractivity contribution >= 4 is 17.6 Å². The van der Waals surface area contributed by atoms with Crippen LogP contribution in [-0.2, 0) is 0 Å². The maximum atomic E-state index is 12.1. The monoisotopic (exact) mass is 277 g/mol. The first-order valence-electron chi connectivity index (χ1n) is 6.71. The molecule has 3 amide bonds. The molecule has 0 spiro atoms. The maximum absolute atomic E-state index is 12.1. The second-order valence-corrected chi connectivity index (χ2v) is 5.00. The number of hydrogen-bond acceptors (Lipinski definition) is 3. The Bertz CT molecular complexity index is 487. The van der Waals surface area contributed by atoms with Crippen LogP contribution in [0.3, 0.4) is 0 Å². The Balaban J connectivity index is 1.96. The summed E-state index contributed by atoms with van der Waals surface area (Å²) in [7, 11) is 0. The van der Waals surface area contributed by atoms with E-state index in [2.05, 4.69) is 10.6 Å². The van der Waals surface area contributed by atoms with Crippen molar-refractivity contribution in [1.82, 2.24) is 5.32 Å². The van der Waals surface area contributed by atoms with Crippen LogP contribution in [0.1, 0.15) is 36.0 Å². The predicted molar refractivity (Wildman–Crippen MR) is 75.4 cm³/mol. The molecule has 2 rings (SSSR count). The normalized spacial score (nSPS) is 22.1. The first-order chi connectivity index (χ1) is 9.56. The molecule has 1 aliphatic carbocycles. The number of amides is 3. The molecule has 108 valence electrons. The van der Waals surface area contributed by atoms with Crippen LogP contribution < -0.4 is 16.4 Å². The molecule has 0 aromatic heterocycles. The molecule has 6 nitrogen and oxygen atoms in total. The molecule has 0 bridgehead atoms. The first kappa shape index (κ1) is 14.3. The highest BCUT2D eigenvalue weighted by Gasteiger charge is 2.24. The molecule has 1 fully saturated rings. The third-order valence-corrected chi connectivity index (χ3v) is 3.46. The summed E-state index contributed by atoms with van der Waals surface area (Å²) in [6.07, 6.45) is 3.08. The van der Waals surface area contributed by atoms with E-state index < -0.39 is 12.1 Å². The smallest absolute Gasteiger partial charge is 0.316 e. The number of rotatable bonds is 3. The van der Waals surface area contributed by atoms with E-state index in [0.717, 1.165) is 25.7 Å². The molecule has 0 radical (unpaired) electrons. The fourth-order valence-electron chi connectivity index (χ4n) is 2.38. The highest BCUT2D eigenvalue weighted by molar-refractivity contribution is 5.95. The molecule has 0 aliphatic heterocycles. The number of primary amides is 1. The second-order valence-electron chi connectivity index (χ2n) is 5.00. The number of nitrogens with two attached hydrogens (primary N) is 1. The van der Waals surface area contributed by atoms with Gasteiger partial charge in [0, 0.05) is 11.3 Å². The summed E-state index contributed by atoms with van der Waals surface area (Å²) >= 11 is 0. The second kappa shape index (κ2) is 6.38. The van der Waals surface area contributed by atoms with E-state index in [1.807, 2.05) is 0 Å². The molecule has 0 saturated heterocycles. The number of carbonyl (C=O) groups excluding carboxylic acids is 2. The van der Waals surface area contributed by atoms with Gasteiger partial charge in [0.1, 0.15) is 0 Å². The van der Waals surface area contributed by atoms with Gasteiger partial charge in [0.2, 0.25) is 0 Å². The Labute approximate surface area is 117 Å². The van der Waals surface area contributed by atoms with E-state index in [1.165, 1.54) is 0 Å². The van der Waals surface area contributed by atoms with Crippen molar-refractivity contribution in [3.05, 3.63) is 29.8 Å². The van der Waals surface area contributed by atoms with E-state index in [9.17, 15) is 14.7 Å². The zero-order valence-electron chi connectivity index (χ0n) is 11.1. The van der Waals surface area contributed by atoms with Crippen molar-refractivity contribution in [3.63, 3.8) is 0 Å². The summed E-state index contributed by atoms with van der Waals surface area (Å²) in [5.74, 6) is -0.221. The lowest BCUT2D eigenvalue weighted by Gasteiger charge is -2.28. The van der Waals surface area contributed by atoms with Gasteiger partial charge < -0.3 is 21.5 Å². The molecule has 6 heteroatoms. The topological polar surface area (TPSA) is 104 Å². The van der Waals surface area contributed by atoms with Crippen molar-refractivity contribution < 1.29 is 14.7 Å². The highest BCUT2D eigenvalue weighted by atomic mass is 16.3. The lowest BCUT2D eigenvalue weighted by molar-refractivity contribution is 0.0717. The van der Waals surface area contributed by atoms with Gasteiger partial charge in [0.05, 0.1) is 12.1 Å². The van der Waals surface area contributed by atoms with Gasteiger partial charge in [-0.25, -0.2) is 4.79 Å². The van der Waals surface area contributed by atoms with Crippen LogP contribution in [0, 0.1) is 0 Å². The van der Waals surface area contributed by atoms with Crippen LogP contribution in [-0.4, -0.2) is 29.2 Å². The third kappa shape index (κ3) is 3.71. The van der Waals surface area contributed by atoms with Gasteiger partial charge in [-0.15, -0.1) is 0 Å². The summed E-state index contributed by atoms with van der Waals surface area (Å²) in [6, 6.07) is 5.60. The summed E-state index contributed by atoms with van der Waals surface area (Å²) in [5, 5.41) is 15.1. The molecule has 2 unspecified atom stereocenters. The van der Waals surface area contributed by atoms with Crippen molar-refractivity contribution in [1.29, 1.82) is 0 Å². The first-order valence-corrected chi connectivity index (χ1v) is 6.71. The average Bonchev–Trinajstić information content (AvgIpc) is 2.41. The van der Waals surface area contributed by atoms with E-state index in [1.54, 1.807) is 24.3 Å². The summed E-state index contributed by atoms with van der Waals surface area (Å²) in [6.45, 7) is 0. The number of benzene rings is 1. The van der Waals surface area contributed by atoms with Crippen LogP contribution in [0.25, 0.3) is 0 Å². The van der Waals surface area contributed by atoms with E-state index in [4.69, 9.17) is 5.73 Å². The Morgan fingerprint density at radius 1 is 1.15 bits per heavy atom. The number of aliphatic hydroxyl groups is 1. The van der Waals surface area contributed by atoms with Crippen molar-refractivity contribution in [3.8, 4) is 0 Å². The maximum Gasteiger partial charge on any atom is 0.316 e. The van der Waals surface area contributed by atoms with Crippen molar-refractivity contribution in [2.24, 2.45) is 5.73 Å². The van der Waals surface area contributed by atoms with Gasteiger partial charge in [-0.3, -0.25) is 4.79 Å². The number of urea groups is 1. The number of carbonyl (C=O) groups is 2. The molecule has 1 aliphatic rings.